The molecule has 0 radical (unpaired) electrons. The van der Waals surface area contributed by atoms with E-state index in [1.54, 1.807) is 6.20 Å². The third kappa shape index (κ3) is 3.83. The molecule has 0 saturated heterocycles. The topological polar surface area (TPSA) is 58.0 Å². The first-order valence-corrected chi connectivity index (χ1v) is 5.31. The third-order valence-electron chi connectivity index (χ3n) is 2.38. The minimum Gasteiger partial charge on any atom is -0.396 e. The van der Waals surface area contributed by atoms with Gasteiger partial charge in [0.1, 0.15) is 5.82 Å². The van der Waals surface area contributed by atoms with Crippen LogP contribution < -0.4 is 5.32 Å². The second kappa shape index (κ2) is 5.66. The molecule has 1 aromatic rings. The molecule has 0 bridgehead atoms. The van der Waals surface area contributed by atoms with Gasteiger partial charge in [-0.1, -0.05) is 0 Å². The lowest BCUT2D eigenvalue weighted by molar-refractivity contribution is 0.282. The van der Waals surface area contributed by atoms with Gasteiger partial charge in [0, 0.05) is 12.6 Å². The van der Waals surface area contributed by atoms with Gasteiger partial charge in [-0.2, -0.15) is 0 Å². The fraction of sp³-hybridized carbons (Fsp3) is 0.636. The Labute approximate surface area is 90.8 Å². The van der Waals surface area contributed by atoms with E-state index in [-0.39, 0.29) is 6.61 Å². The molecule has 1 atom stereocenters. The Morgan fingerprint density at radius 1 is 1.40 bits per heavy atom. The van der Waals surface area contributed by atoms with Crippen LogP contribution in [0, 0.1) is 13.8 Å². The number of anilines is 1. The molecule has 15 heavy (non-hydrogen) atoms. The molecule has 0 fully saturated rings. The molecule has 1 unspecified atom stereocenters. The maximum absolute atomic E-state index is 8.71. The van der Waals surface area contributed by atoms with Gasteiger partial charge in [-0.15, -0.1) is 0 Å². The van der Waals surface area contributed by atoms with E-state index in [9.17, 15) is 0 Å². The van der Waals surface area contributed by atoms with Crippen molar-refractivity contribution in [1.29, 1.82) is 0 Å². The number of hydrogen-bond donors (Lipinski definition) is 2. The highest BCUT2D eigenvalue weighted by Gasteiger charge is 2.04. The van der Waals surface area contributed by atoms with Gasteiger partial charge in [0.15, 0.2) is 0 Å². The van der Waals surface area contributed by atoms with E-state index < -0.39 is 0 Å². The lowest BCUT2D eigenvalue weighted by atomic mass is 10.2. The summed E-state index contributed by atoms with van der Waals surface area (Å²) in [6.07, 6.45) is 3.50. The van der Waals surface area contributed by atoms with Crippen LogP contribution in [0.1, 0.15) is 31.2 Å². The molecule has 1 rings (SSSR count). The number of aromatic nitrogens is 2. The molecule has 0 aliphatic heterocycles. The van der Waals surface area contributed by atoms with E-state index in [1.807, 2.05) is 13.8 Å². The van der Waals surface area contributed by atoms with Gasteiger partial charge in [-0.05, 0) is 33.6 Å². The molecule has 0 spiro atoms. The second-order valence-corrected chi connectivity index (χ2v) is 3.84. The number of hydrogen-bond acceptors (Lipinski definition) is 4. The van der Waals surface area contributed by atoms with Crippen molar-refractivity contribution in [2.75, 3.05) is 11.9 Å². The van der Waals surface area contributed by atoms with Gasteiger partial charge in [0.25, 0.3) is 0 Å². The van der Waals surface area contributed by atoms with Crippen LogP contribution in [0.4, 0.5) is 5.82 Å². The van der Waals surface area contributed by atoms with Crippen LogP contribution in [0.25, 0.3) is 0 Å². The molecule has 4 nitrogen and oxygen atoms in total. The predicted molar refractivity (Wildman–Crippen MR) is 60.9 cm³/mol. The van der Waals surface area contributed by atoms with Crippen LogP contribution >= 0.6 is 0 Å². The highest BCUT2D eigenvalue weighted by atomic mass is 16.2. The van der Waals surface area contributed by atoms with Gasteiger partial charge in [0.05, 0.1) is 17.6 Å². The summed E-state index contributed by atoms with van der Waals surface area (Å²) in [5.41, 5.74) is 1.91. The van der Waals surface area contributed by atoms with Gasteiger partial charge in [-0.25, -0.2) is 4.98 Å². The third-order valence-corrected chi connectivity index (χ3v) is 2.38. The van der Waals surface area contributed by atoms with Crippen LogP contribution in [0.3, 0.4) is 0 Å². The number of nitrogens with zero attached hydrogens (tertiary/aromatic N) is 2. The lowest BCUT2D eigenvalue weighted by Crippen LogP contribution is -2.17. The first-order chi connectivity index (χ1) is 7.13. The van der Waals surface area contributed by atoms with Crippen LogP contribution in [0.2, 0.25) is 0 Å². The second-order valence-electron chi connectivity index (χ2n) is 3.84. The number of aliphatic hydroxyl groups excluding tert-OH is 1. The van der Waals surface area contributed by atoms with E-state index in [4.69, 9.17) is 5.11 Å². The van der Waals surface area contributed by atoms with Crippen LogP contribution in [0.15, 0.2) is 6.20 Å². The molecule has 0 aliphatic carbocycles. The zero-order valence-corrected chi connectivity index (χ0v) is 9.62. The van der Waals surface area contributed by atoms with Gasteiger partial charge < -0.3 is 10.4 Å². The smallest absolute Gasteiger partial charge is 0.145 e. The molecular formula is C11H19N3O. The van der Waals surface area contributed by atoms with Crippen molar-refractivity contribution in [1.82, 2.24) is 9.97 Å². The summed E-state index contributed by atoms with van der Waals surface area (Å²) in [5.74, 6) is 0.809. The van der Waals surface area contributed by atoms with E-state index in [2.05, 4.69) is 22.2 Å². The molecule has 1 aromatic heterocycles. The Kier molecular flexibility index (Phi) is 4.49. The molecule has 84 valence electrons. The van der Waals surface area contributed by atoms with E-state index in [0.717, 1.165) is 30.0 Å². The normalized spacial score (nSPS) is 12.5. The number of rotatable bonds is 5. The first kappa shape index (κ1) is 11.9. The van der Waals surface area contributed by atoms with Gasteiger partial charge >= 0.3 is 0 Å². The van der Waals surface area contributed by atoms with Crippen molar-refractivity contribution in [3.05, 3.63) is 17.6 Å². The van der Waals surface area contributed by atoms with E-state index >= 15 is 0 Å². The minimum absolute atomic E-state index is 0.241. The fourth-order valence-electron chi connectivity index (χ4n) is 1.33. The van der Waals surface area contributed by atoms with Crippen molar-refractivity contribution in [3.63, 3.8) is 0 Å². The van der Waals surface area contributed by atoms with Crippen LogP contribution in [-0.4, -0.2) is 27.7 Å². The molecule has 0 aromatic carbocycles. The SMILES string of the molecule is Cc1ncc(NC(C)CCCO)nc1C. The molecule has 0 saturated carbocycles. The minimum atomic E-state index is 0.241. The fourth-order valence-corrected chi connectivity index (χ4v) is 1.33. The Hall–Kier alpha value is -1.16. The zero-order chi connectivity index (χ0) is 11.3. The van der Waals surface area contributed by atoms with E-state index in [0.29, 0.717) is 6.04 Å². The van der Waals surface area contributed by atoms with Crippen molar-refractivity contribution in [3.8, 4) is 0 Å². The molecule has 4 heteroatoms. The summed E-state index contributed by atoms with van der Waals surface area (Å²) in [6.45, 7) is 6.21. The predicted octanol–water partition coefficient (Wildman–Crippen LogP) is 1.67. The summed E-state index contributed by atoms with van der Waals surface area (Å²) in [6, 6.07) is 0.313. The number of aliphatic hydroxyl groups is 1. The summed E-state index contributed by atoms with van der Waals surface area (Å²) in [4.78, 5) is 8.62. The molecule has 1 heterocycles. The number of aryl methyl sites for hydroxylation is 2. The standard InChI is InChI=1S/C11H19N3O/c1-8(5-4-6-15)13-11-7-12-9(2)10(3)14-11/h7-8,15H,4-6H2,1-3H3,(H,13,14). The maximum Gasteiger partial charge on any atom is 0.145 e. The molecular weight excluding hydrogens is 190 g/mol. The average Bonchev–Trinajstić information content (AvgIpc) is 2.20. The van der Waals surface area contributed by atoms with Crippen molar-refractivity contribution >= 4 is 5.82 Å². The Morgan fingerprint density at radius 3 is 2.73 bits per heavy atom. The zero-order valence-electron chi connectivity index (χ0n) is 9.62. The monoisotopic (exact) mass is 209 g/mol. The summed E-state index contributed by atoms with van der Waals surface area (Å²) < 4.78 is 0. The van der Waals surface area contributed by atoms with Crippen LogP contribution in [-0.2, 0) is 0 Å². The van der Waals surface area contributed by atoms with Crippen molar-refractivity contribution in [2.45, 2.75) is 39.7 Å². The van der Waals surface area contributed by atoms with Crippen molar-refractivity contribution in [2.24, 2.45) is 0 Å². The van der Waals surface area contributed by atoms with Gasteiger partial charge in [0.2, 0.25) is 0 Å². The Bertz CT molecular complexity index is 315. The molecule has 0 amide bonds. The van der Waals surface area contributed by atoms with Gasteiger partial charge in [-0.3, -0.25) is 4.98 Å². The highest BCUT2D eigenvalue weighted by Crippen LogP contribution is 2.08. The Balaban J connectivity index is 2.53. The largest absolute Gasteiger partial charge is 0.396 e. The average molecular weight is 209 g/mol. The summed E-state index contributed by atoms with van der Waals surface area (Å²) in [5, 5.41) is 12.0. The molecule has 0 aliphatic rings. The lowest BCUT2D eigenvalue weighted by Gasteiger charge is -2.14. The quantitative estimate of drug-likeness (QED) is 0.774. The van der Waals surface area contributed by atoms with E-state index in [1.165, 1.54) is 0 Å². The van der Waals surface area contributed by atoms with Crippen molar-refractivity contribution < 1.29 is 5.11 Å². The summed E-state index contributed by atoms with van der Waals surface area (Å²) >= 11 is 0. The maximum atomic E-state index is 8.71. The summed E-state index contributed by atoms with van der Waals surface area (Å²) in [7, 11) is 0. The first-order valence-electron chi connectivity index (χ1n) is 5.31. The number of nitrogens with one attached hydrogen (secondary N) is 1. The highest BCUT2D eigenvalue weighted by molar-refractivity contribution is 5.34. The Morgan fingerprint density at radius 2 is 2.13 bits per heavy atom. The molecule has 2 N–H and O–H groups in total. The van der Waals surface area contributed by atoms with Crippen LogP contribution in [0.5, 0.6) is 0 Å².